The summed E-state index contributed by atoms with van der Waals surface area (Å²) < 4.78 is 26.4. The Hall–Kier alpha value is -1.86. The SMILES string of the molecule is CCN(CC)S(=O)(=O)c1ccc(O)c(NC(=O)C[C@H]2C=CCC2)c1. The first-order valence-electron chi connectivity index (χ1n) is 8.18. The molecule has 0 bridgehead atoms. The van der Waals surface area contributed by atoms with Gasteiger partial charge in [0.25, 0.3) is 0 Å². The molecule has 0 aliphatic heterocycles. The van der Waals surface area contributed by atoms with E-state index in [1.165, 1.54) is 22.5 Å². The fourth-order valence-corrected chi connectivity index (χ4v) is 4.28. The summed E-state index contributed by atoms with van der Waals surface area (Å²) in [6.45, 7) is 4.24. The molecule has 2 N–H and O–H groups in total. The number of aromatic hydroxyl groups is 1. The molecule has 1 atom stereocenters. The van der Waals surface area contributed by atoms with Gasteiger partial charge in [-0.1, -0.05) is 26.0 Å². The van der Waals surface area contributed by atoms with Gasteiger partial charge in [-0.2, -0.15) is 4.31 Å². The third-order valence-electron chi connectivity index (χ3n) is 4.15. The molecule has 2 rings (SSSR count). The van der Waals surface area contributed by atoms with E-state index in [1.54, 1.807) is 13.8 Å². The lowest BCUT2D eigenvalue weighted by Crippen LogP contribution is -2.30. The molecule has 1 aromatic carbocycles. The van der Waals surface area contributed by atoms with Crippen molar-refractivity contribution in [1.29, 1.82) is 0 Å². The number of phenols is 1. The van der Waals surface area contributed by atoms with Crippen LogP contribution in [0.4, 0.5) is 5.69 Å². The Bertz CT molecular complexity index is 724. The zero-order chi connectivity index (χ0) is 17.7. The first-order chi connectivity index (χ1) is 11.4. The van der Waals surface area contributed by atoms with Crippen LogP contribution < -0.4 is 5.32 Å². The number of nitrogens with zero attached hydrogens (tertiary/aromatic N) is 1. The van der Waals surface area contributed by atoms with Crippen molar-refractivity contribution >= 4 is 21.6 Å². The Labute approximate surface area is 143 Å². The number of allylic oxidation sites excluding steroid dienone is 2. The molecule has 132 valence electrons. The number of sulfonamides is 1. The molecule has 6 nitrogen and oxygen atoms in total. The van der Waals surface area contributed by atoms with Crippen molar-refractivity contribution in [2.45, 2.75) is 38.0 Å². The minimum absolute atomic E-state index is 0.0556. The number of amides is 1. The van der Waals surface area contributed by atoms with Crippen LogP contribution in [0.1, 0.15) is 33.1 Å². The molecular formula is C17H24N2O4S. The first kappa shape index (κ1) is 18.5. The van der Waals surface area contributed by atoms with Gasteiger partial charge in [-0.25, -0.2) is 8.42 Å². The lowest BCUT2D eigenvalue weighted by molar-refractivity contribution is -0.116. The largest absolute Gasteiger partial charge is 0.506 e. The van der Waals surface area contributed by atoms with Crippen molar-refractivity contribution in [3.63, 3.8) is 0 Å². The second-order valence-electron chi connectivity index (χ2n) is 5.79. The fourth-order valence-electron chi connectivity index (χ4n) is 2.79. The van der Waals surface area contributed by atoms with Crippen LogP contribution in [0.15, 0.2) is 35.2 Å². The number of nitrogens with one attached hydrogen (secondary N) is 1. The Morgan fingerprint density at radius 1 is 1.33 bits per heavy atom. The van der Waals surface area contributed by atoms with Crippen LogP contribution in [-0.4, -0.2) is 36.8 Å². The maximum atomic E-state index is 12.5. The maximum Gasteiger partial charge on any atom is 0.243 e. The van der Waals surface area contributed by atoms with Crippen LogP contribution in [0.3, 0.4) is 0 Å². The van der Waals surface area contributed by atoms with Gasteiger partial charge in [-0.15, -0.1) is 0 Å². The van der Waals surface area contributed by atoms with Gasteiger partial charge in [0, 0.05) is 19.5 Å². The lowest BCUT2D eigenvalue weighted by Gasteiger charge is -2.19. The van der Waals surface area contributed by atoms with E-state index in [1.807, 2.05) is 12.2 Å². The molecule has 1 aliphatic carbocycles. The Morgan fingerprint density at radius 2 is 2.04 bits per heavy atom. The number of carbonyl (C=O) groups excluding carboxylic acids is 1. The summed E-state index contributed by atoms with van der Waals surface area (Å²) in [5.74, 6) is -0.183. The van der Waals surface area contributed by atoms with Crippen LogP contribution in [0.25, 0.3) is 0 Å². The summed E-state index contributed by atoms with van der Waals surface area (Å²) in [7, 11) is -3.64. The molecule has 1 amide bonds. The Balaban J connectivity index is 2.19. The fraction of sp³-hybridized carbons (Fsp3) is 0.471. The summed E-state index contributed by atoms with van der Waals surface area (Å²) in [6, 6.07) is 3.95. The average molecular weight is 352 g/mol. The van der Waals surface area contributed by atoms with Crippen molar-refractivity contribution < 1.29 is 18.3 Å². The molecule has 0 heterocycles. The molecule has 24 heavy (non-hydrogen) atoms. The zero-order valence-corrected chi connectivity index (χ0v) is 14.8. The van der Waals surface area contributed by atoms with Gasteiger partial charge in [-0.3, -0.25) is 4.79 Å². The number of phenolic OH excluding ortho intramolecular Hbond substituents is 1. The van der Waals surface area contributed by atoms with Gasteiger partial charge in [-0.05, 0) is 37.0 Å². The number of anilines is 1. The normalized spacial score (nSPS) is 17.4. The Morgan fingerprint density at radius 3 is 2.62 bits per heavy atom. The van der Waals surface area contributed by atoms with Crippen LogP contribution in [0, 0.1) is 5.92 Å². The number of carbonyl (C=O) groups is 1. The zero-order valence-electron chi connectivity index (χ0n) is 14.0. The summed E-state index contributed by atoms with van der Waals surface area (Å²) in [6.07, 6.45) is 6.30. The summed E-state index contributed by atoms with van der Waals surface area (Å²) in [5, 5.41) is 12.5. The van der Waals surface area contributed by atoms with E-state index < -0.39 is 10.0 Å². The molecule has 0 saturated heterocycles. The van der Waals surface area contributed by atoms with Crippen molar-refractivity contribution in [3.05, 3.63) is 30.4 Å². The minimum atomic E-state index is -3.64. The highest BCUT2D eigenvalue weighted by molar-refractivity contribution is 7.89. The van der Waals surface area contributed by atoms with E-state index in [0.717, 1.165) is 12.8 Å². The maximum absolute atomic E-state index is 12.5. The number of rotatable bonds is 7. The lowest BCUT2D eigenvalue weighted by atomic mass is 10.1. The number of hydrogen-bond donors (Lipinski definition) is 2. The van der Waals surface area contributed by atoms with Crippen LogP contribution in [0.5, 0.6) is 5.75 Å². The quantitative estimate of drug-likeness (QED) is 0.583. The average Bonchev–Trinajstić information content (AvgIpc) is 3.03. The van der Waals surface area contributed by atoms with E-state index in [4.69, 9.17) is 0 Å². The van der Waals surface area contributed by atoms with Crippen molar-refractivity contribution in [2.24, 2.45) is 5.92 Å². The van der Waals surface area contributed by atoms with Gasteiger partial charge < -0.3 is 10.4 Å². The molecule has 7 heteroatoms. The predicted molar refractivity (Wildman–Crippen MR) is 93.3 cm³/mol. The minimum Gasteiger partial charge on any atom is -0.506 e. The standard InChI is InChI=1S/C17H24N2O4S/c1-3-19(4-2)24(22,23)14-9-10-16(20)15(12-14)18-17(21)11-13-7-5-6-8-13/h5,7,9-10,12-13,20H,3-4,6,8,11H2,1-2H3,(H,18,21)/t13-/m0/s1. The smallest absolute Gasteiger partial charge is 0.243 e. The molecule has 1 aromatic rings. The van der Waals surface area contributed by atoms with E-state index in [9.17, 15) is 18.3 Å². The van der Waals surface area contributed by atoms with Gasteiger partial charge in [0.05, 0.1) is 10.6 Å². The van der Waals surface area contributed by atoms with Gasteiger partial charge in [0.1, 0.15) is 5.75 Å². The third kappa shape index (κ3) is 4.15. The molecule has 0 fully saturated rings. The van der Waals surface area contributed by atoms with E-state index in [2.05, 4.69) is 5.32 Å². The number of benzene rings is 1. The van der Waals surface area contributed by atoms with Gasteiger partial charge >= 0.3 is 0 Å². The molecule has 0 saturated carbocycles. The highest BCUT2D eigenvalue weighted by Gasteiger charge is 2.23. The molecule has 0 spiro atoms. The van der Waals surface area contributed by atoms with Crippen LogP contribution in [0.2, 0.25) is 0 Å². The van der Waals surface area contributed by atoms with E-state index >= 15 is 0 Å². The molecule has 0 unspecified atom stereocenters. The van der Waals surface area contributed by atoms with Gasteiger partial charge in [0.15, 0.2) is 0 Å². The van der Waals surface area contributed by atoms with Gasteiger partial charge in [0.2, 0.25) is 15.9 Å². The Kier molecular flexibility index (Phi) is 6.01. The number of hydrogen-bond acceptors (Lipinski definition) is 4. The van der Waals surface area contributed by atoms with Crippen molar-refractivity contribution in [2.75, 3.05) is 18.4 Å². The molecule has 0 radical (unpaired) electrons. The topological polar surface area (TPSA) is 86.7 Å². The van der Waals surface area contributed by atoms with Crippen LogP contribution in [-0.2, 0) is 14.8 Å². The molecular weight excluding hydrogens is 328 g/mol. The summed E-state index contributed by atoms with van der Waals surface area (Å²) >= 11 is 0. The first-order valence-corrected chi connectivity index (χ1v) is 9.62. The second-order valence-corrected chi connectivity index (χ2v) is 7.72. The molecule has 0 aromatic heterocycles. The highest BCUT2D eigenvalue weighted by Crippen LogP contribution is 2.29. The van der Waals surface area contributed by atoms with Crippen molar-refractivity contribution in [1.82, 2.24) is 4.31 Å². The third-order valence-corrected chi connectivity index (χ3v) is 6.19. The predicted octanol–water partition coefficient (Wildman–Crippen LogP) is 2.72. The second kappa shape index (κ2) is 7.81. The monoisotopic (exact) mass is 352 g/mol. The summed E-state index contributed by atoms with van der Waals surface area (Å²) in [5.41, 5.74) is 0.121. The summed E-state index contributed by atoms with van der Waals surface area (Å²) in [4.78, 5) is 12.2. The molecule has 1 aliphatic rings. The highest BCUT2D eigenvalue weighted by atomic mass is 32.2. The van der Waals surface area contributed by atoms with E-state index in [0.29, 0.717) is 19.5 Å². The van der Waals surface area contributed by atoms with Crippen molar-refractivity contribution in [3.8, 4) is 5.75 Å². The van der Waals surface area contributed by atoms with Crippen LogP contribution >= 0.6 is 0 Å². The van der Waals surface area contributed by atoms with E-state index in [-0.39, 0.29) is 28.2 Å².